The fraction of sp³-hybridized carbons (Fsp3) is 0.250. The fourth-order valence-corrected chi connectivity index (χ4v) is 2.14. The standard InChI is InChI=1S/C8H8ClN5S/c1-5-3-7(14(2)13-5)15-6-4-10-12-8(9)11-6/h3-4H,1-2H3. The van der Waals surface area contributed by atoms with Crippen LogP contribution in [0.25, 0.3) is 0 Å². The van der Waals surface area contributed by atoms with Gasteiger partial charge in [0.15, 0.2) is 0 Å². The molecule has 78 valence electrons. The summed E-state index contributed by atoms with van der Waals surface area (Å²) in [5.74, 6) is 0. The van der Waals surface area contributed by atoms with Gasteiger partial charge in [-0.1, -0.05) is 0 Å². The molecule has 7 heteroatoms. The van der Waals surface area contributed by atoms with Gasteiger partial charge in [0.05, 0.1) is 11.9 Å². The molecule has 0 fully saturated rings. The van der Waals surface area contributed by atoms with Crippen LogP contribution in [-0.4, -0.2) is 25.0 Å². The minimum absolute atomic E-state index is 0.152. The molecule has 2 aromatic heterocycles. The van der Waals surface area contributed by atoms with Crippen molar-refractivity contribution in [2.75, 3.05) is 0 Å². The first-order valence-corrected chi connectivity index (χ1v) is 5.38. The van der Waals surface area contributed by atoms with Gasteiger partial charge < -0.3 is 0 Å². The van der Waals surface area contributed by atoms with Crippen molar-refractivity contribution >= 4 is 23.4 Å². The molecule has 0 saturated carbocycles. The Bertz CT molecular complexity index is 484. The molecule has 5 nitrogen and oxygen atoms in total. The SMILES string of the molecule is Cc1cc(Sc2cnnc(Cl)n2)n(C)n1. The Hall–Kier alpha value is -1.14. The number of hydrogen-bond acceptors (Lipinski definition) is 5. The molecule has 0 aliphatic carbocycles. The lowest BCUT2D eigenvalue weighted by Gasteiger charge is -1.99. The number of hydrogen-bond donors (Lipinski definition) is 0. The summed E-state index contributed by atoms with van der Waals surface area (Å²) in [5.41, 5.74) is 0.966. The number of nitrogens with zero attached hydrogens (tertiary/aromatic N) is 5. The van der Waals surface area contributed by atoms with Gasteiger partial charge in [0.1, 0.15) is 10.1 Å². The van der Waals surface area contributed by atoms with Gasteiger partial charge in [0.25, 0.3) is 0 Å². The van der Waals surface area contributed by atoms with Gasteiger partial charge in [-0.05, 0) is 36.4 Å². The van der Waals surface area contributed by atoms with Crippen LogP contribution in [0.1, 0.15) is 5.69 Å². The molecule has 0 N–H and O–H groups in total. The summed E-state index contributed by atoms with van der Waals surface area (Å²) in [7, 11) is 1.88. The molecule has 0 radical (unpaired) electrons. The quantitative estimate of drug-likeness (QED) is 0.801. The third kappa shape index (κ3) is 2.45. The van der Waals surface area contributed by atoms with E-state index in [1.807, 2.05) is 20.0 Å². The van der Waals surface area contributed by atoms with Crippen LogP contribution in [0.2, 0.25) is 5.28 Å². The van der Waals surface area contributed by atoms with E-state index >= 15 is 0 Å². The van der Waals surface area contributed by atoms with Crippen LogP contribution >= 0.6 is 23.4 Å². The maximum Gasteiger partial charge on any atom is 0.244 e. The molecule has 0 aliphatic rings. The van der Waals surface area contributed by atoms with E-state index in [0.29, 0.717) is 5.03 Å². The zero-order valence-corrected chi connectivity index (χ0v) is 9.75. The summed E-state index contributed by atoms with van der Waals surface area (Å²) in [6.07, 6.45) is 1.57. The van der Waals surface area contributed by atoms with Crippen LogP contribution in [0.3, 0.4) is 0 Å². The summed E-state index contributed by atoms with van der Waals surface area (Å²) in [5, 5.41) is 13.4. The molecule has 0 aliphatic heterocycles. The lowest BCUT2D eigenvalue weighted by Crippen LogP contribution is -1.94. The van der Waals surface area contributed by atoms with Crippen LogP contribution in [0, 0.1) is 6.92 Å². The van der Waals surface area contributed by atoms with Crippen molar-refractivity contribution in [3.63, 3.8) is 0 Å². The number of aromatic nitrogens is 5. The minimum atomic E-state index is 0.152. The Kier molecular flexibility index (Phi) is 2.88. The predicted molar refractivity (Wildman–Crippen MR) is 56.9 cm³/mol. The monoisotopic (exact) mass is 241 g/mol. The summed E-state index contributed by atoms with van der Waals surface area (Å²) in [4.78, 5) is 4.03. The Balaban J connectivity index is 2.25. The maximum atomic E-state index is 5.64. The van der Waals surface area contributed by atoms with Crippen LogP contribution in [0.15, 0.2) is 22.3 Å². The Morgan fingerprint density at radius 1 is 1.47 bits per heavy atom. The van der Waals surface area contributed by atoms with Crippen molar-refractivity contribution in [1.82, 2.24) is 25.0 Å². The third-order valence-corrected chi connectivity index (χ3v) is 2.84. The van der Waals surface area contributed by atoms with E-state index < -0.39 is 0 Å². The predicted octanol–water partition coefficient (Wildman–Crippen LogP) is 1.72. The lowest BCUT2D eigenvalue weighted by molar-refractivity contribution is 0.691. The topological polar surface area (TPSA) is 56.5 Å². The number of halogens is 1. The van der Waals surface area contributed by atoms with Gasteiger partial charge >= 0.3 is 0 Å². The summed E-state index contributed by atoms with van der Waals surface area (Å²) >= 11 is 7.09. The van der Waals surface area contributed by atoms with E-state index in [9.17, 15) is 0 Å². The van der Waals surface area contributed by atoms with Crippen molar-refractivity contribution in [3.8, 4) is 0 Å². The molecule has 0 aromatic carbocycles. The van der Waals surface area contributed by atoms with Crippen molar-refractivity contribution < 1.29 is 0 Å². The first-order valence-electron chi connectivity index (χ1n) is 4.19. The van der Waals surface area contributed by atoms with E-state index in [4.69, 9.17) is 11.6 Å². The molecule has 15 heavy (non-hydrogen) atoms. The molecule has 0 spiro atoms. The second kappa shape index (κ2) is 4.16. The fourth-order valence-electron chi connectivity index (χ4n) is 1.11. The van der Waals surface area contributed by atoms with Crippen molar-refractivity contribution in [1.29, 1.82) is 0 Å². The average molecular weight is 242 g/mol. The first kappa shape index (κ1) is 10.4. The average Bonchev–Trinajstić information content (AvgIpc) is 2.45. The summed E-state index contributed by atoms with van der Waals surface area (Å²) in [6, 6.07) is 1.97. The molecule has 2 rings (SSSR count). The molecule has 2 heterocycles. The lowest BCUT2D eigenvalue weighted by atomic mass is 10.5. The first-order chi connectivity index (χ1) is 7.15. The van der Waals surface area contributed by atoms with Crippen molar-refractivity contribution in [2.45, 2.75) is 17.0 Å². The van der Waals surface area contributed by atoms with E-state index in [2.05, 4.69) is 20.3 Å². The van der Waals surface area contributed by atoms with Gasteiger partial charge in [-0.2, -0.15) is 10.2 Å². The van der Waals surface area contributed by atoms with Crippen LogP contribution < -0.4 is 0 Å². The molecule has 0 saturated heterocycles. The highest BCUT2D eigenvalue weighted by Gasteiger charge is 2.06. The molecular weight excluding hydrogens is 234 g/mol. The molecule has 0 atom stereocenters. The smallest absolute Gasteiger partial charge is 0.244 e. The normalized spacial score (nSPS) is 10.6. The third-order valence-electron chi connectivity index (χ3n) is 1.68. The molecule has 2 aromatic rings. The van der Waals surface area contributed by atoms with Crippen molar-refractivity contribution in [3.05, 3.63) is 23.2 Å². The van der Waals surface area contributed by atoms with Gasteiger partial charge in [0, 0.05) is 7.05 Å². The number of aryl methyl sites for hydroxylation is 2. The van der Waals surface area contributed by atoms with Crippen LogP contribution in [-0.2, 0) is 7.05 Å². The second-order valence-electron chi connectivity index (χ2n) is 2.91. The van der Waals surface area contributed by atoms with Crippen LogP contribution in [0.5, 0.6) is 0 Å². The molecule has 0 amide bonds. The largest absolute Gasteiger partial charge is 0.261 e. The van der Waals surface area contributed by atoms with Crippen molar-refractivity contribution in [2.24, 2.45) is 7.05 Å². The highest BCUT2D eigenvalue weighted by atomic mass is 35.5. The molecule has 0 unspecified atom stereocenters. The highest BCUT2D eigenvalue weighted by molar-refractivity contribution is 7.99. The van der Waals surface area contributed by atoms with E-state index in [-0.39, 0.29) is 5.28 Å². The second-order valence-corrected chi connectivity index (χ2v) is 4.29. The highest BCUT2D eigenvalue weighted by Crippen LogP contribution is 2.25. The molecular formula is C8H8ClN5S. The minimum Gasteiger partial charge on any atom is -0.261 e. The maximum absolute atomic E-state index is 5.64. The van der Waals surface area contributed by atoms with E-state index in [0.717, 1.165) is 10.7 Å². The van der Waals surface area contributed by atoms with E-state index in [1.54, 1.807) is 10.9 Å². The summed E-state index contributed by atoms with van der Waals surface area (Å²) in [6.45, 7) is 1.94. The van der Waals surface area contributed by atoms with E-state index in [1.165, 1.54) is 11.8 Å². The van der Waals surface area contributed by atoms with Crippen LogP contribution in [0.4, 0.5) is 0 Å². The Morgan fingerprint density at radius 2 is 2.27 bits per heavy atom. The van der Waals surface area contributed by atoms with Gasteiger partial charge in [0.2, 0.25) is 5.28 Å². The Labute approximate surface area is 95.9 Å². The van der Waals surface area contributed by atoms with Gasteiger partial charge in [-0.15, -0.1) is 5.10 Å². The summed E-state index contributed by atoms with van der Waals surface area (Å²) < 4.78 is 1.79. The zero-order chi connectivity index (χ0) is 10.8. The van der Waals surface area contributed by atoms with Gasteiger partial charge in [-0.25, -0.2) is 4.98 Å². The number of rotatable bonds is 2. The zero-order valence-electron chi connectivity index (χ0n) is 8.18. The molecule has 0 bridgehead atoms. The Morgan fingerprint density at radius 3 is 2.87 bits per heavy atom. The van der Waals surface area contributed by atoms with Gasteiger partial charge in [-0.3, -0.25) is 4.68 Å².